The first-order chi connectivity index (χ1) is 9.25. The number of hydrogen-bond donors (Lipinski definition) is 1. The predicted molar refractivity (Wildman–Crippen MR) is 66.7 cm³/mol. The van der Waals surface area contributed by atoms with Crippen LogP contribution in [0, 0.1) is 12.7 Å². The van der Waals surface area contributed by atoms with Gasteiger partial charge in [-0.15, -0.1) is 0 Å². The van der Waals surface area contributed by atoms with Crippen LogP contribution in [-0.2, 0) is 0 Å². The fourth-order valence-corrected chi connectivity index (χ4v) is 2.05. The molecule has 2 aromatic heterocycles. The summed E-state index contributed by atoms with van der Waals surface area (Å²) in [5, 5.41) is 7.25. The van der Waals surface area contributed by atoms with Gasteiger partial charge in [-0.1, -0.05) is 0 Å². The van der Waals surface area contributed by atoms with Gasteiger partial charge in [0.1, 0.15) is 12.2 Å². The van der Waals surface area contributed by atoms with Crippen molar-refractivity contribution in [1.29, 1.82) is 0 Å². The van der Waals surface area contributed by atoms with E-state index < -0.39 is 5.82 Å². The van der Waals surface area contributed by atoms with E-state index in [0.717, 1.165) is 26.2 Å². The third kappa shape index (κ3) is 2.26. The lowest BCUT2D eigenvalue weighted by Crippen LogP contribution is -2.44. The highest BCUT2D eigenvalue weighted by molar-refractivity contribution is 5.41. The molecule has 1 saturated heterocycles. The van der Waals surface area contributed by atoms with Crippen molar-refractivity contribution in [1.82, 2.24) is 30.0 Å². The molecule has 2 aromatic rings. The Balaban J connectivity index is 1.98. The van der Waals surface area contributed by atoms with Crippen LogP contribution in [0.2, 0.25) is 0 Å². The number of rotatable bonds is 2. The Labute approximate surface area is 109 Å². The summed E-state index contributed by atoms with van der Waals surface area (Å²) >= 11 is 0. The van der Waals surface area contributed by atoms with Crippen LogP contribution in [0.4, 0.5) is 10.2 Å². The van der Waals surface area contributed by atoms with Crippen molar-refractivity contribution in [3.8, 4) is 5.95 Å². The zero-order valence-electron chi connectivity index (χ0n) is 10.5. The molecule has 0 spiro atoms. The average Bonchev–Trinajstić information content (AvgIpc) is 2.87. The highest BCUT2D eigenvalue weighted by Crippen LogP contribution is 2.17. The van der Waals surface area contributed by atoms with E-state index in [0.29, 0.717) is 17.6 Å². The van der Waals surface area contributed by atoms with E-state index in [9.17, 15) is 4.39 Å². The summed E-state index contributed by atoms with van der Waals surface area (Å²) in [5.74, 6) is 0.910. The highest BCUT2D eigenvalue weighted by atomic mass is 19.1. The molecule has 1 aliphatic rings. The first-order valence-electron chi connectivity index (χ1n) is 6.11. The summed E-state index contributed by atoms with van der Waals surface area (Å²) in [4.78, 5) is 14.2. The molecule has 0 unspecified atom stereocenters. The van der Waals surface area contributed by atoms with Crippen molar-refractivity contribution in [2.45, 2.75) is 6.92 Å². The molecule has 8 heteroatoms. The third-order valence-corrected chi connectivity index (χ3v) is 3.04. The van der Waals surface area contributed by atoms with E-state index in [1.165, 1.54) is 17.2 Å². The van der Waals surface area contributed by atoms with Crippen molar-refractivity contribution >= 4 is 5.82 Å². The van der Waals surface area contributed by atoms with Gasteiger partial charge in [0.2, 0.25) is 0 Å². The second-order valence-corrected chi connectivity index (χ2v) is 4.30. The normalized spacial score (nSPS) is 15.8. The van der Waals surface area contributed by atoms with E-state index in [-0.39, 0.29) is 0 Å². The summed E-state index contributed by atoms with van der Waals surface area (Å²) in [6.07, 6.45) is 2.60. The maximum absolute atomic E-state index is 13.9. The minimum Gasteiger partial charge on any atom is -0.351 e. The Morgan fingerprint density at radius 3 is 2.74 bits per heavy atom. The molecule has 0 bridgehead atoms. The number of piperazine rings is 1. The predicted octanol–water partition coefficient (Wildman–Crippen LogP) is -0.0856. The lowest BCUT2D eigenvalue weighted by atomic mass is 10.3. The number of halogens is 1. The monoisotopic (exact) mass is 263 g/mol. The number of aromatic nitrogens is 5. The second kappa shape index (κ2) is 4.88. The molecule has 0 aromatic carbocycles. The molecule has 7 nitrogen and oxygen atoms in total. The van der Waals surface area contributed by atoms with Gasteiger partial charge in [-0.05, 0) is 6.92 Å². The molecule has 0 radical (unpaired) electrons. The molecule has 1 aliphatic heterocycles. The van der Waals surface area contributed by atoms with E-state index in [4.69, 9.17) is 0 Å². The minimum absolute atomic E-state index is 0.321. The smallest absolute Gasteiger partial charge is 0.254 e. The number of hydrogen-bond acceptors (Lipinski definition) is 6. The molecule has 0 aliphatic carbocycles. The van der Waals surface area contributed by atoms with Gasteiger partial charge in [0.25, 0.3) is 5.95 Å². The summed E-state index contributed by atoms with van der Waals surface area (Å²) in [6.45, 7) is 4.89. The summed E-state index contributed by atoms with van der Waals surface area (Å²) in [7, 11) is 0. The van der Waals surface area contributed by atoms with Gasteiger partial charge in [-0.25, -0.2) is 14.4 Å². The van der Waals surface area contributed by atoms with Crippen LogP contribution < -0.4 is 10.2 Å². The zero-order chi connectivity index (χ0) is 13.2. The van der Waals surface area contributed by atoms with Crippen LogP contribution in [-0.4, -0.2) is 50.9 Å². The average molecular weight is 263 g/mol. The van der Waals surface area contributed by atoms with Gasteiger partial charge < -0.3 is 10.2 Å². The Morgan fingerprint density at radius 1 is 1.26 bits per heavy atom. The fraction of sp³-hybridized carbons (Fsp3) is 0.455. The molecular weight excluding hydrogens is 249 g/mol. The minimum atomic E-state index is -0.414. The molecule has 100 valence electrons. The van der Waals surface area contributed by atoms with Gasteiger partial charge in [-0.2, -0.15) is 14.8 Å². The van der Waals surface area contributed by atoms with Gasteiger partial charge in [0.15, 0.2) is 11.6 Å². The molecule has 1 N–H and O–H groups in total. The molecule has 0 saturated carbocycles. The first-order valence-corrected chi connectivity index (χ1v) is 6.11. The van der Waals surface area contributed by atoms with Gasteiger partial charge in [-0.3, -0.25) is 0 Å². The van der Waals surface area contributed by atoms with Gasteiger partial charge >= 0.3 is 0 Å². The van der Waals surface area contributed by atoms with Gasteiger partial charge in [0.05, 0.1) is 6.20 Å². The molecule has 3 rings (SSSR count). The van der Waals surface area contributed by atoms with Crippen molar-refractivity contribution in [3.05, 3.63) is 24.2 Å². The zero-order valence-corrected chi connectivity index (χ0v) is 10.5. The number of anilines is 1. The Morgan fingerprint density at radius 2 is 2.05 bits per heavy atom. The van der Waals surface area contributed by atoms with Crippen molar-refractivity contribution < 1.29 is 4.39 Å². The quantitative estimate of drug-likeness (QED) is 0.816. The van der Waals surface area contributed by atoms with Crippen LogP contribution in [0.25, 0.3) is 5.95 Å². The van der Waals surface area contributed by atoms with E-state index in [2.05, 4.69) is 25.4 Å². The Kier molecular flexibility index (Phi) is 3.08. The van der Waals surface area contributed by atoms with Crippen LogP contribution in [0.15, 0.2) is 12.5 Å². The molecule has 0 amide bonds. The maximum atomic E-state index is 13.9. The summed E-state index contributed by atoms with van der Waals surface area (Å²) in [5.41, 5.74) is 0. The van der Waals surface area contributed by atoms with Crippen LogP contribution in [0.1, 0.15) is 5.82 Å². The first kappa shape index (κ1) is 12.0. The second-order valence-electron chi connectivity index (χ2n) is 4.30. The lowest BCUT2D eigenvalue weighted by molar-refractivity contribution is 0.552. The lowest BCUT2D eigenvalue weighted by Gasteiger charge is -2.28. The van der Waals surface area contributed by atoms with Crippen LogP contribution in [0.3, 0.4) is 0 Å². The maximum Gasteiger partial charge on any atom is 0.254 e. The van der Waals surface area contributed by atoms with Gasteiger partial charge in [0, 0.05) is 26.2 Å². The highest BCUT2D eigenvalue weighted by Gasteiger charge is 2.18. The standard InChI is InChI=1S/C11H14FN7/c1-8-15-7-16-19(8)11-14-6-9(12)10(17-11)18-4-2-13-3-5-18/h6-7,13H,2-5H2,1H3. The largest absolute Gasteiger partial charge is 0.351 e. The molecule has 0 atom stereocenters. The number of nitrogens with one attached hydrogen (secondary N) is 1. The van der Waals surface area contributed by atoms with E-state index in [1.807, 2.05) is 4.90 Å². The molecule has 1 fully saturated rings. The number of aryl methyl sites for hydroxylation is 1. The number of nitrogens with zero attached hydrogens (tertiary/aromatic N) is 6. The molecule has 3 heterocycles. The topological polar surface area (TPSA) is 71.8 Å². The third-order valence-electron chi connectivity index (χ3n) is 3.04. The summed E-state index contributed by atoms with van der Waals surface area (Å²) < 4.78 is 15.4. The molecule has 19 heavy (non-hydrogen) atoms. The van der Waals surface area contributed by atoms with Crippen molar-refractivity contribution in [2.75, 3.05) is 31.1 Å². The SMILES string of the molecule is Cc1ncnn1-c1ncc(F)c(N2CCNCC2)n1. The van der Waals surface area contributed by atoms with E-state index >= 15 is 0 Å². The van der Waals surface area contributed by atoms with Crippen molar-refractivity contribution in [3.63, 3.8) is 0 Å². The van der Waals surface area contributed by atoms with Crippen LogP contribution in [0.5, 0.6) is 0 Å². The Hall–Kier alpha value is -2.09. The van der Waals surface area contributed by atoms with Crippen LogP contribution >= 0.6 is 0 Å². The Bertz CT molecular complexity index is 576. The summed E-state index contributed by atoms with van der Waals surface area (Å²) in [6, 6.07) is 0. The van der Waals surface area contributed by atoms with E-state index in [1.54, 1.807) is 6.92 Å². The molecular formula is C11H14FN7. The fourth-order valence-electron chi connectivity index (χ4n) is 2.05. The van der Waals surface area contributed by atoms with Crippen molar-refractivity contribution in [2.24, 2.45) is 0 Å².